The second-order valence-corrected chi connectivity index (χ2v) is 3.94. The molecule has 0 saturated heterocycles. The van der Waals surface area contributed by atoms with Gasteiger partial charge in [0, 0.05) is 6.07 Å². The van der Waals surface area contributed by atoms with E-state index < -0.39 is 18.0 Å². The molecule has 100 valence electrons. The molecule has 0 spiro atoms. The molecule has 1 rings (SSSR count). The van der Waals surface area contributed by atoms with Crippen molar-refractivity contribution < 1.29 is 19.2 Å². The Morgan fingerprint density at radius 2 is 2.28 bits per heavy atom. The molecule has 0 bridgehead atoms. The van der Waals surface area contributed by atoms with E-state index in [1.54, 1.807) is 13.0 Å². The number of amides is 2. The molecule has 1 aromatic rings. The third-order valence-corrected chi connectivity index (χ3v) is 2.28. The van der Waals surface area contributed by atoms with Gasteiger partial charge in [0.15, 0.2) is 5.76 Å². The number of carboxylic acid groups (broad SMARTS) is 1. The van der Waals surface area contributed by atoms with Gasteiger partial charge in [-0.1, -0.05) is 18.5 Å². The molecule has 0 unspecified atom stereocenters. The molecule has 3 N–H and O–H groups in total. The molecule has 0 aliphatic heterocycles. The van der Waals surface area contributed by atoms with Crippen molar-refractivity contribution in [3.63, 3.8) is 0 Å². The highest BCUT2D eigenvalue weighted by Gasteiger charge is 2.18. The molecule has 0 aliphatic rings. The normalized spacial score (nSPS) is 11.9. The quantitative estimate of drug-likeness (QED) is 0.704. The van der Waals surface area contributed by atoms with Crippen LogP contribution in [0.25, 0.3) is 0 Å². The average molecular weight is 255 g/mol. The van der Waals surface area contributed by atoms with E-state index in [2.05, 4.69) is 15.8 Å². The predicted molar refractivity (Wildman–Crippen MR) is 62.9 cm³/mol. The fourth-order valence-electron chi connectivity index (χ4n) is 1.42. The molecule has 1 heterocycles. The van der Waals surface area contributed by atoms with Crippen LogP contribution in [-0.4, -0.2) is 28.3 Å². The van der Waals surface area contributed by atoms with Gasteiger partial charge in [-0.2, -0.15) is 0 Å². The highest BCUT2D eigenvalue weighted by Crippen LogP contribution is 2.01. The minimum Gasteiger partial charge on any atom is -0.480 e. The van der Waals surface area contributed by atoms with Crippen molar-refractivity contribution in [1.29, 1.82) is 0 Å². The van der Waals surface area contributed by atoms with Crippen LogP contribution in [0.1, 0.15) is 31.2 Å². The van der Waals surface area contributed by atoms with E-state index in [4.69, 9.17) is 9.63 Å². The maximum Gasteiger partial charge on any atom is 0.326 e. The van der Waals surface area contributed by atoms with E-state index in [1.807, 2.05) is 6.92 Å². The van der Waals surface area contributed by atoms with Crippen LogP contribution in [0.15, 0.2) is 10.6 Å². The van der Waals surface area contributed by atoms with Crippen LogP contribution < -0.4 is 10.6 Å². The van der Waals surface area contributed by atoms with Gasteiger partial charge in [-0.25, -0.2) is 9.59 Å². The Morgan fingerprint density at radius 1 is 1.56 bits per heavy atom. The van der Waals surface area contributed by atoms with Gasteiger partial charge in [-0.3, -0.25) is 0 Å². The van der Waals surface area contributed by atoms with Crippen molar-refractivity contribution in [2.75, 3.05) is 0 Å². The van der Waals surface area contributed by atoms with Crippen molar-refractivity contribution in [1.82, 2.24) is 15.8 Å². The number of urea groups is 1. The van der Waals surface area contributed by atoms with Crippen molar-refractivity contribution >= 4 is 12.0 Å². The van der Waals surface area contributed by atoms with E-state index in [0.717, 1.165) is 5.69 Å². The van der Waals surface area contributed by atoms with Crippen LogP contribution in [0.2, 0.25) is 0 Å². The van der Waals surface area contributed by atoms with Crippen molar-refractivity contribution in [3.05, 3.63) is 17.5 Å². The maximum atomic E-state index is 11.5. The summed E-state index contributed by atoms with van der Waals surface area (Å²) in [6.45, 7) is 3.80. The molecular weight excluding hydrogens is 238 g/mol. The summed E-state index contributed by atoms with van der Waals surface area (Å²) < 4.78 is 4.91. The molecular formula is C11H17N3O4. The molecule has 0 saturated carbocycles. The minimum atomic E-state index is -1.04. The molecule has 2 amide bonds. The van der Waals surface area contributed by atoms with Crippen LogP contribution in [-0.2, 0) is 11.3 Å². The topological polar surface area (TPSA) is 104 Å². The van der Waals surface area contributed by atoms with Gasteiger partial charge in [0.2, 0.25) is 0 Å². The first-order valence-corrected chi connectivity index (χ1v) is 5.72. The molecule has 18 heavy (non-hydrogen) atoms. The average Bonchev–Trinajstić information content (AvgIpc) is 2.72. The Morgan fingerprint density at radius 3 is 2.78 bits per heavy atom. The summed E-state index contributed by atoms with van der Waals surface area (Å²) in [7, 11) is 0. The summed E-state index contributed by atoms with van der Waals surface area (Å²) in [4.78, 5) is 22.3. The Kier molecular flexibility index (Phi) is 5.16. The summed E-state index contributed by atoms with van der Waals surface area (Å²) in [6.07, 6.45) is 1.07. The first-order valence-electron chi connectivity index (χ1n) is 5.72. The lowest BCUT2D eigenvalue weighted by atomic mass is 10.2. The number of carboxylic acids is 1. The zero-order chi connectivity index (χ0) is 13.5. The van der Waals surface area contributed by atoms with Gasteiger partial charge in [-0.05, 0) is 13.3 Å². The van der Waals surface area contributed by atoms with Crippen molar-refractivity contribution in [2.45, 2.75) is 39.3 Å². The first kappa shape index (κ1) is 14.0. The highest BCUT2D eigenvalue weighted by atomic mass is 16.5. The van der Waals surface area contributed by atoms with Crippen LogP contribution in [0.3, 0.4) is 0 Å². The standard InChI is InChI=1S/C11H17N3O4/c1-3-4-9(10(15)16)13-11(17)12-6-8-5-7(2)14-18-8/h5,9H,3-4,6H2,1-2H3,(H,15,16)(H2,12,13,17)/t9-/m1/s1. The number of rotatable bonds is 6. The number of aryl methyl sites for hydroxylation is 1. The lowest BCUT2D eigenvalue weighted by molar-refractivity contribution is -0.139. The van der Waals surface area contributed by atoms with Gasteiger partial charge in [0.25, 0.3) is 0 Å². The van der Waals surface area contributed by atoms with Crippen LogP contribution in [0.4, 0.5) is 4.79 Å². The van der Waals surface area contributed by atoms with E-state index in [0.29, 0.717) is 18.6 Å². The number of aromatic nitrogens is 1. The lowest BCUT2D eigenvalue weighted by Crippen LogP contribution is -2.45. The Hall–Kier alpha value is -2.05. The second kappa shape index (κ2) is 6.63. The van der Waals surface area contributed by atoms with Crippen molar-refractivity contribution in [2.24, 2.45) is 0 Å². The largest absolute Gasteiger partial charge is 0.480 e. The number of nitrogens with one attached hydrogen (secondary N) is 2. The predicted octanol–water partition coefficient (Wildman–Crippen LogP) is 1.04. The maximum absolute atomic E-state index is 11.5. The Bertz CT molecular complexity index is 416. The number of aliphatic carboxylic acids is 1. The number of carbonyl (C=O) groups excluding carboxylic acids is 1. The first-order chi connectivity index (χ1) is 8.52. The van der Waals surface area contributed by atoms with E-state index in [-0.39, 0.29) is 6.54 Å². The van der Waals surface area contributed by atoms with E-state index in [9.17, 15) is 9.59 Å². The molecule has 1 aromatic heterocycles. The summed E-state index contributed by atoms with van der Waals surface area (Å²) in [6, 6.07) is 0.289. The van der Waals surface area contributed by atoms with Gasteiger partial charge < -0.3 is 20.3 Å². The van der Waals surface area contributed by atoms with Gasteiger partial charge in [-0.15, -0.1) is 0 Å². The van der Waals surface area contributed by atoms with Crippen LogP contribution in [0.5, 0.6) is 0 Å². The van der Waals surface area contributed by atoms with Gasteiger partial charge >= 0.3 is 12.0 Å². The minimum absolute atomic E-state index is 0.172. The monoisotopic (exact) mass is 255 g/mol. The zero-order valence-electron chi connectivity index (χ0n) is 10.4. The summed E-state index contributed by atoms with van der Waals surface area (Å²) in [5.41, 5.74) is 0.724. The fraction of sp³-hybridized carbons (Fsp3) is 0.545. The molecule has 7 heteroatoms. The van der Waals surface area contributed by atoms with Crippen LogP contribution >= 0.6 is 0 Å². The number of hydrogen-bond donors (Lipinski definition) is 3. The second-order valence-electron chi connectivity index (χ2n) is 3.94. The van der Waals surface area contributed by atoms with Gasteiger partial charge in [0.1, 0.15) is 6.04 Å². The zero-order valence-corrected chi connectivity index (χ0v) is 10.4. The third-order valence-electron chi connectivity index (χ3n) is 2.28. The Balaban J connectivity index is 2.38. The highest BCUT2D eigenvalue weighted by molar-refractivity contribution is 5.82. The summed E-state index contributed by atoms with van der Waals surface area (Å²) >= 11 is 0. The molecule has 0 radical (unpaired) electrons. The lowest BCUT2D eigenvalue weighted by Gasteiger charge is -2.13. The summed E-state index contributed by atoms with van der Waals surface area (Å²) in [5, 5.41) is 17.4. The van der Waals surface area contributed by atoms with Gasteiger partial charge in [0.05, 0.1) is 12.2 Å². The number of hydrogen-bond acceptors (Lipinski definition) is 4. The van der Waals surface area contributed by atoms with Crippen LogP contribution in [0, 0.1) is 6.92 Å². The summed E-state index contributed by atoms with van der Waals surface area (Å²) in [5.74, 6) is -0.521. The van der Waals surface area contributed by atoms with E-state index in [1.165, 1.54) is 0 Å². The fourth-order valence-corrected chi connectivity index (χ4v) is 1.42. The van der Waals surface area contributed by atoms with E-state index >= 15 is 0 Å². The number of carbonyl (C=O) groups is 2. The molecule has 0 aromatic carbocycles. The molecule has 7 nitrogen and oxygen atoms in total. The number of nitrogens with zero attached hydrogens (tertiary/aromatic N) is 1. The smallest absolute Gasteiger partial charge is 0.326 e. The SMILES string of the molecule is CCC[C@@H](NC(=O)NCc1cc(C)no1)C(=O)O. The van der Waals surface area contributed by atoms with Crippen molar-refractivity contribution in [3.8, 4) is 0 Å². The molecule has 1 atom stereocenters. The molecule has 0 aliphatic carbocycles. The molecule has 0 fully saturated rings. The Labute approximate surface area is 105 Å². The third kappa shape index (κ3) is 4.44.